The average molecular weight is 216 g/mol. The maximum Gasteiger partial charge on any atom is 0.332 e. The number of hydrogen-bond donors (Lipinski definition) is 2. The zero-order chi connectivity index (χ0) is 11.7. The van der Waals surface area contributed by atoms with E-state index in [0.717, 1.165) is 12.2 Å². The van der Waals surface area contributed by atoms with Crippen molar-refractivity contribution in [2.75, 3.05) is 20.9 Å². The van der Waals surface area contributed by atoms with Crippen LogP contribution in [-0.4, -0.2) is 38.9 Å². The minimum Gasteiger partial charge on any atom is -0.466 e. The normalized spacial score (nSPS) is 9.47. The van der Waals surface area contributed by atoms with E-state index >= 15 is 0 Å². The van der Waals surface area contributed by atoms with Gasteiger partial charge in [0.15, 0.2) is 6.73 Å². The van der Waals surface area contributed by atoms with Crippen molar-refractivity contribution in [2.24, 2.45) is 0 Å². The highest BCUT2D eigenvalue weighted by molar-refractivity contribution is 5.91. The van der Waals surface area contributed by atoms with Crippen molar-refractivity contribution in [1.29, 1.82) is 0 Å². The average Bonchev–Trinajstić information content (AvgIpc) is 2.25. The van der Waals surface area contributed by atoms with Gasteiger partial charge in [-0.05, 0) is 0 Å². The van der Waals surface area contributed by atoms with Crippen LogP contribution < -0.4 is 10.6 Å². The number of hydrogen-bond acceptors (Lipinski definition) is 5. The second-order valence-corrected chi connectivity index (χ2v) is 2.22. The third kappa shape index (κ3) is 7.05. The molecular weight excluding hydrogens is 204 g/mol. The van der Waals surface area contributed by atoms with Crippen LogP contribution in [0.3, 0.4) is 0 Å². The number of methoxy groups -OCH3 is 1. The molecule has 0 fully saturated rings. The van der Waals surface area contributed by atoms with Gasteiger partial charge in [-0.1, -0.05) is 0 Å². The van der Waals surface area contributed by atoms with E-state index in [0.29, 0.717) is 0 Å². The zero-order valence-electron chi connectivity index (χ0n) is 8.40. The predicted octanol–water partition coefficient (Wildman–Crippen LogP) is -0.855. The fourth-order valence-corrected chi connectivity index (χ4v) is 0.513. The van der Waals surface area contributed by atoms with Crippen LogP contribution in [0.1, 0.15) is 0 Å². The summed E-state index contributed by atoms with van der Waals surface area (Å²) in [6, 6.07) is -0.472. The van der Waals surface area contributed by atoms with Gasteiger partial charge in [0.25, 0.3) is 0 Å². The molecule has 2 amide bonds. The number of nitrogens with one attached hydrogen (secondary N) is 2. The van der Waals surface area contributed by atoms with Crippen LogP contribution in [0, 0.1) is 0 Å². The highest BCUT2D eigenvalue weighted by Gasteiger charge is 2.00. The first kappa shape index (κ1) is 12.9. The lowest BCUT2D eigenvalue weighted by Crippen LogP contribution is -2.34. The summed E-state index contributed by atoms with van der Waals surface area (Å²) in [5.41, 5.74) is 0. The van der Waals surface area contributed by atoms with Crippen LogP contribution in [0.25, 0.3) is 0 Å². The van der Waals surface area contributed by atoms with Crippen molar-refractivity contribution in [1.82, 2.24) is 10.6 Å². The molecule has 0 saturated heterocycles. The Morgan fingerprint density at radius 1 is 1.20 bits per heavy atom. The van der Waals surface area contributed by atoms with Gasteiger partial charge in [-0.25, -0.2) is 14.4 Å². The quantitative estimate of drug-likeness (QED) is 0.362. The second kappa shape index (κ2) is 7.36. The maximum atomic E-state index is 10.8. The van der Waals surface area contributed by atoms with E-state index in [-0.39, 0.29) is 6.73 Å². The lowest BCUT2D eigenvalue weighted by molar-refractivity contribution is -0.139. The van der Waals surface area contributed by atoms with Crippen LogP contribution in [-0.2, 0) is 19.1 Å². The summed E-state index contributed by atoms with van der Waals surface area (Å²) in [5, 5.41) is 4.49. The van der Waals surface area contributed by atoms with Crippen LogP contribution in [0.15, 0.2) is 12.2 Å². The standard InChI is InChI=1S/C8H12N2O5/c1-9-8(13)10-5-15-7(12)4-3-6(11)14-2/h3-4H,5H2,1-2H3,(H2,9,10,13)/b4-3+. The van der Waals surface area contributed by atoms with Gasteiger partial charge in [0, 0.05) is 19.2 Å². The van der Waals surface area contributed by atoms with Crippen molar-refractivity contribution >= 4 is 18.0 Å². The minimum absolute atomic E-state index is 0.274. The number of urea groups is 1. The molecule has 0 rings (SSSR count). The molecule has 0 aromatic heterocycles. The molecule has 2 N–H and O–H groups in total. The second-order valence-electron chi connectivity index (χ2n) is 2.22. The number of esters is 2. The van der Waals surface area contributed by atoms with Gasteiger partial charge in [-0.2, -0.15) is 0 Å². The number of amides is 2. The van der Waals surface area contributed by atoms with Gasteiger partial charge in [0.2, 0.25) is 0 Å². The number of rotatable bonds is 4. The van der Waals surface area contributed by atoms with E-state index in [4.69, 9.17) is 0 Å². The Balaban J connectivity index is 3.71. The summed E-state index contributed by atoms with van der Waals surface area (Å²) in [5.74, 6) is -1.41. The summed E-state index contributed by atoms with van der Waals surface area (Å²) in [6.45, 7) is -0.274. The van der Waals surface area contributed by atoms with E-state index in [1.165, 1.54) is 14.2 Å². The first-order valence-corrected chi connectivity index (χ1v) is 3.98. The number of carbonyl (C=O) groups is 3. The lowest BCUT2D eigenvalue weighted by Gasteiger charge is -2.03. The molecule has 0 heterocycles. The molecular formula is C8H12N2O5. The molecule has 0 aromatic rings. The Hall–Kier alpha value is -2.05. The van der Waals surface area contributed by atoms with Crippen molar-refractivity contribution in [3.05, 3.63) is 12.2 Å². The molecule has 7 heteroatoms. The van der Waals surface area contributed by atoms with Crippen molar-refractivity contribution in [3.63, 3.8) is 0 Å². The van der Waals surface area contributed by atoms with Gasteiger partial charge in [0.05, 0.1) is 7.11 Å². The molecule has 0 saturated carbocycles. The van der Waals surface area contributed by atoms with Gasteiger partial charge in [-0.15, -0.1) is 0 Å². The number of carbonyl (C=O) groups excluding carboxylic acids is 3. The van der Waals surface area contributed by atoms with E-state index in [2.05, 4.69) is 20.1 Å². The molecule has 7 nitrogen and oxygen atoms in total. The molecule has 0 aliphatic carbocycles. The van der Waals surface area contributed by atoms with Gasteiger partial charge in [0.1, 0.15) is 0 Å². The van der Waals surface area contributed by atoms with Gasteiger partial charge >= 0.3 is 18.0 Å². The third-order valence-corrected chi connectivity index (χ3v) is 1.23. The van der Waals surface area contributed by atoms with Crippen LogP contribution in [0.5, 0.6) is 0 Å². The molecule has 0 atom stereocenters. The molecule has 0 spiro atoms. The Labute approximate surface area is 86.4 Å². The van der Waals surface area contributed by atoms with E-state index in [9.17, 15) is 14.4 Å². The minimum atomic E-state index is -0.753. The first-order chi connectivity index (χ1) is 7.10. The first-order valence-electron chi connectivity index (χ1n) is 3.98. The topological polar surface area (TPSA) is 93.7 Å². The smallest absolute Gasteiger partial charge is 0.332 e. The van der Waals surface area contributed by atoms with Crippen molar-refractivity contribution in [2.45, 2.75) is 0 Å². The number of ether oxygens (including phenoxy) is 2. The summed E-state index contributed by atoms with van der Waals surface area (Å²) >= 11 is 0. The fourth-order valence-electron chi connectivity index (χ4n) is 0.513. The van der Waals surface area contributed by atoms with E-state index < -0.39 is 18.0 Å². The molecule has 84 valence electrons. The van der Waals surface area contributed by atoms with Gasteiger partial charge < -0.3 is 20.1 Å². The third-order valence-electron chi connectivity index (χ3n) is 1.23. The molecule has 0 radical (unpaired) electrons. The Kier molecular flexibility index (Phi) is 6.36. The monoisotopic (exact) mass is 216 g/mol. The predicted molar refractivity (Wildman–Crippen MR) is 49.7 cm³/mol. The lowest BCUT2D eigenvalue weighted by atomic mass is 10.5. The summed E-state index contributed by atoms with van der Waals surface area (Å²) in [7, 11) is 2.61. The largest absolute Gasteiger partial charge is 0.466 e. The molecule has 0 bridgehead atoms. The molecule has 0 aliphatic rings. The van der Waals surface area contributed by atoms with Crippen molar-refractivity contribution < 1.29 is 23.9 Å². The van der Waals surface area contributed by atoms with E-state index in [1.807, 2.05) is 0 Å². The summed E-state index contributed by atoms with van der Waals surface area (Å²) in [6.07, 6.45) is 1.82. The molecule has 0 aromatic carbocycles. The maximum absolute atomic E-state index is 10.8. The summed E-state index contributed by atoms with van der Waals surface area (Å²) < 4.78 is 8.75. The molecule has 0 unspecified atom stereocenters. The van der Waals surface area contributed by atoms with Crippen LogP contribution in [0.2, 0.25) is 0 Å². The SMILES string of the molecule is CNC(=O)NCOC(=O)/C=C/C(=O)OC. The Morgan fingerprint density at radius 2 is 1.80 bits per heavy atom. The molecule has 15 heavy (non-hydrogen) atoms. The molecule has 0 aliphatic heterocycles. The Morgan fingerprint density at radius 3 is 2.33 bits per heavy atom. The van der Waals surface area contributed by atoms with Crippen LogP contribution >= 0.6 is 0 Å². The summed E-state index contributed by atoms with van der Waals surface area (Å²) in [4.78, 5) is 32.0. The van der Waals surface area contributed by atoms with E-state index in [1.54, 1.807) is 0 Å². The highest BCUT2D eigenvalue weighted by atomic mass is 16.5. The zero-order valence-corrected chi connectivity index (χ0v) is 8.40. The fraction of sp³-hybridized carbons (Fsp3) is 0.375. The Bertz CT molecular complexity index is 274. The highest BCUT2D eigenvalue weighted by Crippen LogP contribution is 1.82. The van der Waals surface area contributed by atoms with Crippen LogP contribution in [0.4, 0.5) is 4.79 Å². The van der Waals surface area contributed by atoms with Gasteiger partial charge in [-0.3, -0.25) is 0 Å². The van der Waals surface area contributed by atoms with Crippen molar-refractivity contribution in [3.8, 4) is 0 Å².